The van der Waals surface area contributed by atoms with Gasteiger partial charge < -0.3 is 15.8 Å². The van der Waals surface area contributed by atoms with Gasteiger partial charge in [-0.25, -0.2) is 4.79 Å². The van der Waals surface area contributed by atoms with Gasteiger partial charge in [0.25, 0.3) is 0 Å². The highest BCUT2D eigenvalue weighted by atomic mass is 32.1. The van der Waals surface area contributed by atoms with Gasteiger partial charge in [0.1, 0.15) is 10.6 Å². The first-order valence-electron chi connectivity index (χ1n) is 5.30. The van der Waals surface area contributed by atoms with Crippen LogP contribution in [0.1, 0.15) is 15.9 Å². The third-order valence-electron chi connectivity index (χ3n) is 2.39. The van der Waals surface area contributed by atoms with E-state index in [1.807, 2.05) is 5.38 Å². The maximum absolute atomic E-state index is 11.5. The van der Waals surface area contributed by atoms with Crippen molar-refractivity contribution >= 4 is 39.7 Å². The Hall–Kier alpha value is -1.60. The standard InChI is InChI=1S/C11H13N3O2S2/c1-16-11(15)8-9(12)14-18-10(8)13-4-2-7-3-5-17-6-7/h3,5-6,13H,2,4H2,1H3,(H2,12,14). The van der Waals surface area contributed by atoms with Crippen molar-refractivity contribution in [3.63, 3.8) is 0 Å². The Balaban J connectivity index is 1.99. The molecule has 0 amide bonds. The van der Waals surface area contributed by atoms with Crippen molar-refractivity contribution in [2.45, 2.75) is 6.42 Å². The number of hydrogen-bond acceptors (Lipinski definition) is 7. The van der Waals surface area contributed by atoms with Gasteiger partial charge in [-0.15, -0.1) is 0 Å². The summed E-state index contributed by atoms with van der Waals surface area (Å²) in [5.74, 6) is -0.246. The van der Waals surface area contributed by atoms with Crippen molar-refractivity contribution in [3.8, 4) is 0 Å². The highest BCUT2D eigenvalue weighted by Gasteiger charge is 2.19. The Bertz CT molecular complexity index is 522. The van der Waals surface area contributed by atoms with Gasteiger partial charge in [0.15, 0.2) is 5.82 Å². The number of rotatable bonds is 5. The molecule has 18 heavy (non-hydrogen) atoms. The lowest BCUT2D eigenvalue weighted by Gasteiger charge is -2.05. The number of nitrogens with one attached hydrogen (secondary N) is 1. The highest BCUT2D eigenvalue weighted by Crippen LogP contribution is 2.27. The van der Waals surface area contributed by atoms with E-state index in [1.165, 1.54) is 24.2 Å². The summed E-state index contributed by atoms with van der Waals surface area (Å²) in [6, 6.07) is 2.08. The van der Waals surface area contributed by atoms with Gasteiger partial charge in [0.2, 0.25) is 0 Å². The van der Waals surface area contributed by atoms with Crippen LogP contribution in [0.3, 0.4) is 0 Å². The Labute approximate surface area is 113 Å². The Morgan fingerprint density at radius 3 is 3.11 bits per heavy atom. The van der Waals surface area contributed by atoms with Gasteiger partial charge in [-0.3, -0.25) is 0 Å². The normalized spacial score (nSPS) is 10.3. The number of thiophene rings is 1. The topological polar surface area (TPSA) is 77.2 Å². The molecule has 0 atom stereocenters. The Morgan fingerprint density at radius 1 is 1.61 bits per heavy atom. The fourth-order valence-electron chi connectivity index (χ4n) is 1.48. The number of ether oxygens (including phenoxy) is 1. The molecule has 0 aromatic carbocycles. The van der Waals surface area contributed by atoms with E-state index in [0.29, 0.717) is 10.6 Å². The van der Waals surface area contributed by atoms with Gasteiger partial charge in [-0.05, 0) is 40.3 Å². The molecule has 0 unspecified atom stereocenters. The van der Waals surface area contributed by atoms with Crippen LogP contribution in [-0.2, 0) is 11.2 Å². The molecule has 5 nitrogen and oxygen atoms in total. The molecule has 0 bridgehead atoms. The van der Waals surface area contributed by atoms with Gasteiger partial charge in [0, 0.05) is 6.54 Å². The molecule has 0 aliphatic heterocycles. The largest absolute Gasteiger partial charge is 0.465 e. The highest BCUT2D eigenvalue weighted by molar-refractivity contribution is 7.11. The molecule has 3 N–H and O–H groups in total. The fourth-order valence-corrected chi connectivity index (χ4v) is 2.91. The van der Waals surface area contributed by atoms with Crippen molar-refractivity contribution in [3.05, 3.63) is 28.0 Å². The number of aromatic nitrogens is 1. The van der Waals surface area contributed by atoms with Crippen molar-refractivity contribution in [2.24, 2.45) is 0 Å². The lowest BCUT2D eigenvalue weighted by Crippen LogP contribution is -2.10. The van der Waals surface area contributed by atoms with Crippen LogP contribution < -0.4 is 11.1 Å². The van der Waals surface area contributed by atoms with Crippen LogP contribution in [0.25, 0.3) is 0 Å². The maximum Gasteiger partial charge on any atom is 0.344 e. The summed E-state index contributed by atoms with van der Waals surface area (Å²) in [4.78, 5) is 11.5. The molecule has 7 heteroatoms. The van der Waals surface area contributed by atoms with Crippen molar-refractivity contribution < 1.29 is 9.53 Å². The summed E-state index contributed by atoms with van der Waals surface area (Å²) in [6.45, 7) is 0.725. The second-order valence-electron chi connectivity index (χ2n) is 3.57. The van der Waals surface area contributed by atoms with E-state index in [1.54, 1.807) is 11.3 Å². The molecule has 0 aliphatic carbocycles. The summed E-state index contributed by atoms with van der Waals surface area (Å²) in [5, 5.41) is 7.97. The van der Waals surface area contributed by atoms with Crippen LogP contribution in [0.5, 0.6) is 0 Å². The first-order valence-corrected chi connectivity index (χ1v) is 7.02. The Morgan fingerprint density at radius 2 is 2.44 bits per heavy atom. The molecule has 2 aromatic heterocycles. The van der Waals surface area contributed by atoms with E-state index in [4.69, 9.17) is 5.73 Å². The molecule has 0 spiro atoms. The third kappa shape index (κ3) is 2.80. The minimum atomic E-state index is -0.459. The average Bonchev–Trinajstić information content (AvgIpc) is 2.99. The maximum atomic E-state index is 11.5. The first-order chi connectivity index (χ1) is 8.72. The number of anilines is 2. The van der Waals surface area contributed by atoms with Gasteiger partial charge in [0.05, 0.1) is 7.11 Å². The van der Waals surface area contributed by atoms with Gasteiger partial charge >= 0.3 is 5.97 Å². The number of carbonyl (C=O) groups excluding carboxylic acids is 1. The minimum Gasteiger partial charge on any atom is -0.465 e. The van der Waals surface area contributed by atoms with E-state index in [9.17, 15) is 4.79 Å². The summed E-state index contributed by atoms with van der Waals surface area (Å²) in [6.07, 6.45) is 0.891. The second-order valence-corrected chi connectivity index (χ2v) is 5.13. The molecule has 0 radical (unpaired) electrons. The zero-order valence-electron chi connectivity index (χ0n) is 9.80. The number of esters is 1. The first kappa shape index (κ1) is 12.8. The van der Waals surface area contributed by atoms with Crippen LogP contribution in [0.4, 0.5) is 10.8 Å². The van der Waals surface area contributed by atoms with Crippen molar-refractivity contribution in [1.82, 2.24) is 4.37 Å². The quantitative estimate of drug-likeness (QED) is 0.823. The van der Waals surface area contributed by atoms with E-state index in [-0.39, 0.29) is 5.82 Å². The van der Waals surface area contributed by atoms with Crippen molar-refractivity contribution in [2.75, 3.05) is 24.7 Å². The third-order valence-corrected chi connectivity index (χ3v) is 3.94. The summed E-state index contributed by atoms with van der Waals surface area (Å²) < 4.78 is 8.64. The zero-order chi connectivity index (χ0) is 13.0. The molecule has 0 saturated heterocycles. The van der Waals surface area contributed by atoms with Crippen LogP contribution in [0.2, 0.25) is 0 Å². The average molecular weight is 283 g/mol. The lowest BCUT2D eigenvalue weighted by atomic mass is 10.2. The predicted molar refractivity (Wildman–Crippen MR) is 74.4 cm³/mol. The Kier molecular flexibility index (Phi) is 4.16. The monoisotopic (exact) mass is 283 g/mol. The number of nitrogen functional groups attached to an aromatic ring is 1. The summed E-state index contributed by atoms with van der Waals surface area (Å²) in [7, 11) is 1.33. The number of carbonyl (C=O) groups is 1. The van der Waals surface area contributed by atoms with Gasteiger partial charge in [-0.2, -0.15) is 15.7 Å². The lowest BCUT2D eigenvalue weighted by molar-refractivity contribution is 0.0603. The number of nitrogens with zero attached hydrogens (tertiary/aromatic N) is 1. The molecule has 2 rings (SSSR count). The molecular weight excluding hydrogens is 270 g/mol. The summed E-state index contributed by atoms with van der Waals surface area (Å²) in [5.41, 5.74) is 7.24. The van der Waals surface area contributed by atoms with E-state index in [0.717, 1.165) is 13.0 Å². The number of nitrogens with two attached hydrogens (primary N) is 1. The fraction of sp³-hybridized carbons (Fsp3) is 0.273. The van der Waals surface area contributed by atoms with Crippen LogP contribution in [0, 0.1) is 0 Å². The van der Waals surface area contributed by atoms with E-state index < -0.39 is 5.97 Å². The molecule has 0 saturated carbocycles. The number of hydrogen-bond donors (Lipinski definition) is 2. The molecule has 2 aromatic rings. The SMILES string of the molecule is COC(=O)c1c(N)nsc1NCCc1ccsc1. The van der Waals surface area contributed by atoms with Crippen LogP contribution >= 0.6 is 22.9 Å². The second kappa shape index (κ2) is 5.83. The summed E-state index contributed by atoms with van der Waals surface area (Å²) >= 11 is 2.84. The molecule has 96 valence electrons. The molecule has 0 fully saturated rings. The van der Waals surface area contributed by atoms with Crippen molar-refractivity contribution in [1.29, 1.82) is 0 Å². The molecular formula is C11H13N3O2S2. The van der Waals surface area contributed by atoms with Crippen LogP contribution in [0.15, 0.2) is 16.8 Å². The van der Waals surface area contributed by atoms with Crippen LogP contribution in [-0.4, -0.2) is 24.0 Å². The molecule has 2 heterocycles. The smallest absolute Gasteiger partial charge is 0.344 e. The molecule has 0 aliphatic rings. The zero-order valence-corrected chi connectivity index (χ0v) is 11.4. The van der Waals surface area contributed by atoms with E-state index >= 15 is 0 Å². The predicted octanol–water partition coefficient (Wildman–Crippen LogP) is 2.23. The minimum absolute atomic E-state index is 0.213. The van der Waals surface area contributed by atoms with E-state index in [2.05, 4.69) is 25.9 Å². The van der Waals surface area contributed by atoms with Gasteiger partial charge in [-0.1, -0.05) is 0 Å². The number of methoxy groups -OCH3 is 1.